The topological polar surface area (TPSA) is 95.2 Å². The number of nitriles is 3. The van der Waals surface area contributed by atoms with E-state index in [0.717, 1.165) is 28.5 Å². The van der Waals surface area contributed by atoms with E-state index in [-0.39, 0.29) is 11.6 Å². The number of hydrogen-bond donors (Lipinski definition) is 1. The van der Waals surface area contributed by atoms with Crippen molar-refractivity contribution >= 4 is 21.6 Å². The van der Waals surface area contributed by atoms with E-state index in [0.29, 0.717) is 5.92 Å². The molecule has 0 spiro atoms. The molecule has 3 rings (SSSR count). The second-order valence-corrected chi connectivity index (χ2v) is 7.84. The first-order valence-electron chi connectivity index (χ1n) is 8.25. The smallest absolute Gasteiger partial charge is 0.189 e. The Labute approximate surface area is 156 Å². The lowest BCUT2D eigenvalue weighted by Gasteiger charge is -2.46. The van der Waals surface area contributed by atoms with E-state index in [1.54, 1.807) is 0 Å². The van der Waals surface area contributed by atoms with Crippen LogP contribution in [0.15, 0.2) is 40.4 Å². The molecule has 0 bridgehead atoms. The van der Waals surface area contributed by atoms with Crippen molar-refractivity contribution < 1.29 is 0 Å². The highest BCUT2D eigenvalue weighted by Crippen LogP contribution is 2.55. The summed E-state index contributed by atoms with van der Waals surface area (Å²) in [6.45, 7) is 2.15. The fourth-order valence-corrected chi connectivity index (χ4v) is 4.70. The number of nitrogens with one attached hydrogen (secondary N) is 1. The zero-order chi connectivity index (χ0) is 18.2. The quantitative estimate of drug-likeness (QED) is 0.700. The minimum absolute atomic E-state index is 0.0731. The molecule has 1 fully saturated rings. The summed E-state index contributed by atoms with van der Waals surface area (Å²) in [7, 11) is 0. The Morgan fingerprint density at radius 1 is 1.24 bits per heavy atom. The van der Waals surface area contributed by atoms with Gasteiger partial charge in [0, 0.05) is 10.4 Å². The van der Waals surface area contributed by atoms with E-state index in [9.17, 15) is 15.8 Å². The molecule has 0 saturated heterocycles. The SMILES string of the molecule is C[C@H]1CC=C2C(C#N)C(=N)C(C#N)(C#N)[C@@H](c3cccc(Br)c3)[C@@H]2C1. The summed E-state index contributed by atoms with van der Waals surface area (Å²) >= 11 is 3.46. The molecule has 124 valence electrons. The first-order chi connectivity index (χ1) is 12.0. The maximum absolute atomic E-state index is 9.93. The van der Waals surface area contributed by atoms with Crippen LogP contribution in [-0.2, 0) is 0 Å². The first kappa shape index (κ1) is 17.4. The highest BCUT2D eigenvalue weighted by Gasteiger charge is 2.57. The molecule has 25 heavy (non-hydrogen) atoms. The van der Waals surface area contributed by atoms with Crippen LogP contribution in [0.25, 0.3) is 0 Å². The van der Waals surface area contributed by atoms with Crippen molar-refractivity contribution in [1.82, 2.24) is 0 Å². The van der Waals surface area contributed by atoms with Gasteiger partial charge in [-0.25, -0.2) is 0 Å². The van der Waals surface area contributed by atoms with Crippen LogP contribution in [0.5, 0.6) is 0 Å². The fraction of sp³-hybridized carbons (Fsp3) is 0.400. The molecule has 1 aromatic rings. The molecule has 1 unspecified atom stereocenters. The Kier molecular flexibility index (Phi) is 4.51. The molecule has 0 aliphatic heterocycles. The molecule has 0 radical (unpaired) electrons. The number of allylic oxidation sites excluding steroid dienone is 2. The molecule has 0 amide bonds. The third-order valence-electron chi connectivity index (χ3n) is 5.45. The van der Waals surface area contributed by atoms with Crippen LogP contribution in [0.2, 0.25) is 0 Å². The van der Waals surface area contributed by atoms with Gasteiger partial charge >= 0.3 is 0 Å². The Hall–Kier alpha value is -2.42. The van der Waals surface area contributed by atoms with Crippen molar-refractivity contribution in [3.8, 4) is 18.2 Å². The molecular formula is C20H17BrN4. The minimum Gasteiger partial charge on any atom is -0.305 e. The van der Waals surface area contributed by atoms with Gasteiger partial charge in [0.2, 0.25) is 0 Å². The molecule has 0 aromatic heterocycles. The standard InChI is InChI=1S/C20H17BrN4/c1-12-5-6-15-16(7-12)18(13-3-2-4-14(21)8-13)20(10-23,11-24)19(25)17(15)9-22/h2-4,6,8,12,16-18,25H,5,7H2,1H3/t12-,16+,17?,18-/m0/s1. The van der Waals surface area contributed by atoms with Crippen molar-refractivity contribution in [3.63, 3.8) is 0 Å². The molecule has 2 aliphatic carbocycles. The fourth-order valence-electron chi connectivity index (χ4n) is 4.28. The van der Waals surface area contributed by atoms with E-state index in [1.807, 2.05) is 24.3 Å². The number of benzene rings is 1. The average molecular weight is 393 g/mol. The number of halogens is 1. The normalized spacial score (nSPS) is 30.2. The van der Waals surface area contributed by atoms with Gasteiger partial charge in [0.15, 0.2) is 5.41 Å². The molecule has 0 heterocycles. The van der Waals surface area contributed by atoms with Crippen molar-refractivity contribution in [2.45, 2.75) is 25.7 Å². The van der Waals surface area contributed by atoms with Gasteiger partial charge in [0.25, 0.3) is 0 Å². The van der Waals surface area contributed by atoms with Crippen LogP contribution < -0.4 is 0 Å². The van der Waals surface area contributed by atoms with Crippen LogP contribution in [0.1, 0.15) is 31.2 Å². The minimum atomic E-state index is -1.61. The zero-order valence-electron chi connectivity index (χ0n) is 13.8. The Morgan fingerprint density at radius 2 is 1.96 bits per heavy atom. The predicted octanol–water partition coefficient (Wildman–Crippen LogP) is 4.71. The lowest BCUT2D eigenvalue weighted by Crippen LogP contribution is -2.49. The monoisotopic (exact) mass is 392 g/mol. The van der Waals surface area contributed by atoms with E-state index in [1.165, 1.54) is 0 Å². The summed E-state index contributed by atoms with van der Waals surface area (Å²) < 4.78 is 0.873. The maximum atomic E-state index is 9.93. The number of fused-ring (bicyclic) bond motifs is 1. The molecule has 1 aromatic carbocycles. The number of rotatable bonds is 1. The van der Waals surface area contributed by atoms with Gasteiger partial charge in [-0.3, -0.25) is 0 Å². The summed E-state index contributed by atoms with van der Waals surface area (Å²) in [4.78, 5) is 0. The first-order valence-corrected chi connectivity index (χ1v) is 9.04. The van der Waals surface area contributed by atoms with Gasteiger partial charge in [0.05, 0.1) is 23.9 Å². The van der Waals surface area contributed by atoms with E-state index < -0.39 is 17.3 Å². The van der Waals surface area contributed by atoms with E-state index in [4.69, 9.17) is 5.41 Å². The molecule has 1 saturated carbocycles. The van der Waals surface area contributed by atoms with Crippen molar-refractivity contribution in [2.24, 2.45) is 23.2 Å². The van der Waals surface area contributed by atoms with E-state index in [2.05, 4.69) is 47.1 Å². The van der Waals surface area contributed by atoms with E-state index >= 15 is 0 Å². The highest BCUT2D eigenvalue weighted by molar-refractivity contribution is 9.10. The molecule has 4 nitrogen and oxygen atoms in total. The Bertz CT molecular complexity index is 866. The lowest BCUT2D eigenvalue weighted by molar-refractivity contribution is 0.283. The van der Waals surface area contributed by atoms with Gasteiger partial charge in [-0.15, -0.1) is 0 Å². The van der Waals surface area contributed by atoms with Crippen molar-refractivity contribution in [1.29, 1.82) is 21.2 Å². The predicted molar refractivity (Wildman–Crippen MR) is 97.3 cm³/mol. The largest absolute Gasteiger partial charge is 0.305 e. The van der Waals surface area contributed by atoms with Gasteiger partial charge < -0.3 is 5.41 Å². The Balaban J connectivity index is 2.28. The average Bonchev–Trinajstić information content (AvgIpc) is 2.61. The molecule has 4 atom stereocenters. The zero-order valence-corrected chi connectivity index (χ0v) is 15.4. The summed E-state index contributed by atoms with van der Waals surface area (Å²) in [5, 5.41) is 38.0. The third kappa shape index (κ3) is 2.58. The van der Waals surface area contributed by atoms with Crippen molar-refractivity contribution in [3.05, 3.63) is 46.0 Å². The molecule has 5 heteroatoms. The number of nitrogens with zero attached hydrogens (tertiary/aromatic N) is 3. The van der Waals surface area contributed by atoms with Gasteiger partial charge in [-0.2, -0.15) is 15.8 Å². The summed E-state index contributed by atoms with van der Waals surface area (Å²) in [6, 6.07) is 14.0. The summed E-state index contributed by atoms with van der Waals surface area (Å²) in [5.74, 6) is -0.868. The van der Waals surface area contributed by atoms with Gasteiger partial charge in [-0.1, -0.05) is 41.1 Å². The van der Waals surface area contributed by atoms with Crippen LogP contribution >= 0.6 is 15.9 Å². The molecule has 2 aliphatic rings. The van der Waals surface area contributed by atoms with Gasteiger partial charge in [0.1, 0.15) is 5.92 Å². The maximum Gasteiger partial charge on any atom is 0.189 e. The third-order valence-corrected chi connectivity index (χ3v) is 5.94. The lowest BCUT2D eigenvalue weighted by atomic mass is 9.52. The summed E-state index contributed by atoms with van der Waals surface area (Å²) in [5.41, 5.74) is 0.0858. The highest BCUT2D eigenvalue weighted by atomic mass is 79.9. The second-order valence-electron chi connectivity index (χ2n) is 6.93. The molecule has 1 N–H and O–H groups in total. The molecular weight excluding hydrogens is 376 g/mol. The number of hydrogen-bond acceptors (Lipinski definition) is 4. The van der Waals surface area contributed by atoms with Gasteiger partial charge in [-0.05, 0) is 47.9 Å². The van der Waals surface area contributed by atoms with Crippen LogP contribution in [0.3, 0.4) is 0 Å². The van der Waals surface area contributed by atoms with Crippen LogP contribution in [0.4, 0.5) is 0 Å². The van der Waals surface area contributed by atoms with Crippen LogP contribution in [0, 0.1) is 62.6 Å². The summed E-state index contributed by atoms with van der Waals surface area (Å²) in [6.07, 6.45) is 3.75. The van der Waals surface area contributed by atoms with Crippen LogP contribution in [-0.4, -0.2) is 5.71 Å². The Morgan fingerprint density at radius 3 is 2.56 bits per heavy atom. The van der Waals surface area contributed by atoms with Crippen molar-refractivity contribution in [2.75, 3.05) is 0 Å². The second kappa shape index (κ2) is 6.47.